The Morgan fingerprint density at radius 2 is 1.96 bits per heavy atom. The number of aromatic nitrogens is 3. The molecule has 0 fully saturated rings. The third-order valence-corrected chi connectivity index (χ3v) is 3.82. The van der Waals surface area contributed by atoms with Gasteiger partial charge in [-0.05, 0) is 41.5 Å². The van der Waals surface area contributed by atoms with E-state index in [1.54, 1.807) is 4.90 Å². The van der Waals surface area contributed by atoms with Gasteiger partial charge < -0.3 is 18.9 Å². The van der Waals surface area contributed by atoms with Crippen LogP contribution in [0.15, 0.2) is 0 Å². The summed E-state index contributed by atoms with van der Waals surface area (Å²) in [5.41, 5.74) is -0.888. The molecule has 1 aromatic rings. The number of nitrogens with zero attached hydrogens (tertiary/aromatic N) is 4. The Morgan fingerprint density at radius 1 is 1.26 bits per heavy atom. The minimum Gasteiger partial charge on any atom is -0.444 e. The van der Waals surface area contributed by atoms with E-state index in [9.17, 15) is 4.79 Å². The molecule has 0 atom stereocenters. The summed E-state index contributed by atoms with van der Waals surface area (Å²) in [6, 6.07) is 0. The van der Waals surface area contributed by atoms with Gasteiger partial charge >= 0.3 is 6.09 Å². The molecule has 2 rings (SSSR count). The standard InChI is InChI=1S/C16H28N4O3/c1-7-22-11-13-18-17-12-10-16(5,6)20(9-8-19(12)13)14(21)23-15(2,3)4/h7-11H2,1-6H3. The number of ether oxygens (including phenoxy) is 2. The molecule has 7 nitrogen and oxygen atoms in total. The van der Waals surface area contributed by atoms with E-state index in [2.05, 4.69) is 14.8 Å². The fourth-order valence-electron chi connectivity index (χ4n) is 2.70. The summed E-state index contributed by atoms with van der Waals surface area (Å²) < 4.78 is 13.1. The zero-order chi connectivity index (χ0) is 17.3. The quantitative estimate of drug-likeness (QED) is 0.854. The number of fused-ring (bicyclic) bond motifs is 1. The van der Waals surface area contributed by atoms with Crippen LogP contribution < -0.4 is 0 Å². The van der Waals surface area contributed by atoms with Crippen molar-refractivity contribution in [3.8, 4) is 0 Å². The monoisotopic (exact) mass is 324 g/mol. The van der Waals surface area contributed by atoms with Crippen molar-refractivity contribution >= 4 is 6.09 Å². The van der Waals surface area contributed by atoms with E-state index in [-0.39, 0.29) is 11.6 Å². The maximum absolute atomic E-state index is 12.5. The van der Waals surface area contributed by atoms with Crippen molar-refractivity contribution in [2.75, 3.05) is 13.2 Å². The maximum atomic E-state index is 12.5. The highest BCUT2D eigenvalue weighted by Gasteiger charge is 2.38. The van der Waals surface area contributed by atoms with Gasteiger partial charge in [0.25, 0.3) is 0 Å². The van der Waals surface area contributed by atoms with Gasteiger partial charge in [-0.1, -0.05) is 0 Å². The zero-order valence-electron chi connectivity index (χ0n) is 15.0. The van der Waals surface area contributed by atoms with Crippen LogP contribution in [0.2, 0.25) is 0 Å². The highest BCUT2D eigenvalue weighted by atomic mass is 16.6. The van der Waals surface area contributed by atoms with Gasteiger partial charge in [0.2, 0.25) is 0 Å². The van der Waals surface area contributed by atoms with E-state index in [0.29, 0.717) is 32.7 Å². The van der Waals surface area contributed by atoms with Crippen LogP contribution >= 0.6 is 0 Å². The average molecular weight is 324 g/mol. The summed E-state index contributed by atoms with van der Waals surface area (Å²) in [6.45, 7) is 13.9. The van der Waals surface area contributed by atoms with Crippen molar-refractivity contribution in [1.82, 2.24) is 19.7 Å². The van der Waals surface area contributed by atoms with E-state index in [0.717, 1.165) is 11.6 Å². The summed E-state index contributed by atoms with van der Waals surface area (Å²) in [5.74, 6) is 1.69. The smallest absolute Gasteiger partial charge is 0.410 e. The van der Waals surface area contributed by atoms with Gasteiger partial charge in [-0.2, -0.15) is 0 Å². The fraction of sp³-hybridized carbons (Fsp3) is 0.812. The number of carbonyl (C=O) groups is 1. The lowest BCUT2D eigenvalue weighted by Gasteiger charge is -2.37. The Balaban J connectivity index is 2.19. The highest BCUT2D eigenvalue weighted by molar-refractivity contribution is 5.69. The molecule has 1 amide bonds. The van der Waals surface area contributed by atoms with E-state index in [4.69, 9.17) is 9.47 Å². The molecule has 0 saturated heterocycles. The first-order chi connectivity index (χ1) is 10.6. The topological polar surface area (TPSA) is 69.5 Å². The molecule has 0 unspecified atom stereocenters. The predicted molar refractivity (Wildman–Crippen MR) is 86.1 cm³/mol. The normalized spacial score (nSPS) is 17.6. The molecule has 130 valence electrons. The van der Waals surface area contributed by atoms with Gasteiger partial charge in [-0.15, -0.1) is 10.2 Å². The van der Waals surface area contributed by atoms with Gasteiger partial charge in [-0.3, -0.25) is 0 Å². The van der Waals surface area contributed by atoms with Crippen LogP contribution in [0.5, 0.6) is 0 Å². The van der Waals surface area contributed by atoms with Crippen LogP contribution in [0.25, 0.3) is 0 Å². The molecule has 2 heterocycles. The summed E-state index contributed by atoms with van der Waals surface area (Å²) in [5, 5.41) is 8.51. The largest absolute Gasteiger partial charge is 0.444 e. The van der Waals surface area contributed by atoms with Gasteiger partial charge in [0, 0.05) is 31.7 Å². The molecule has 0 saturated carbocycles. The molecule has 23 heavy (non-hydrogen) atoms. The number of rotatable bonds is 3. The van der Waals surface area contributed by atoms with Gasteiger partial charge in [0.05, 0.1) is 0 Å². The minimum atomic E-state index is -0.505. The molecule has 0 spiro atoms. The molecule has 0 N–H and O–H groups in total. The Labute approximate surface area is 138 Å². The molecule has 1 aromatic heterocycles. The van der Waals surface area contributed by atoms with E-state index < -0.39 is 5.60 Å². The van der Waals surface area contributed by atoms with Crippen molar-refractivity contribution in [1.29, 1.82) is 0 Å². The third kappa shape index (κ3) is 4.22. The van der Waals surface area contributed by atoms with Crippen molar-refractivity contribution in [2.45, 2.75) is 72.3 Å². The van der Waals surface area contributed by atoms with Crippen molar-refractivity contribution in [2.24, 2.45) is 0 Å². The summed E-state index contributed by atoms with van der Waals surface area (Å²) in [4.78, 5) is 14.3. The SMILES string of the molecule is CCOCc1nnc2n1CCN(C(=O)OC(C)(C)C)C(C)(C)C2. The van der Waals surface area contributed by atoms with E-state index >= 15 is 0 Å². The zero-order valence-corrected chi connectivity index (χ0v) is 15.0. The highest BCUT2D eigenvalue weighted by Crippen LogP contribution is 2.26. The Kier molecular flexibility index (Phi) is 4.98. The van der Waals surface area contributed by atoms with Crippen LogP contribution in [0.1, 0.15) is 53.2 Å². The van der Waals surface area contributed by atoms with Crippen molar-refractivity contribution in [3.63, 3.8) is 0 Å². The Hall–Kier alpha value is -1.63. The van der Waals surface area contributed by atoms with Crippen LogP contribution in [0, 0.1) is 0 Å². The van der Waals surface area contributed by atoms with Gasteiger partial charge in [0.15, 0.2) is 5.82 Å². The fourth-order valence-corrected chi connectivity index (χ4v) is 2.70. The number of hydrogen-bond donors (Lipinski definition) is 0. The molecular weight excluding hydrogens is 296 g/mol. The van der Waals surface area contributed by atoms with Crippen molar-refractivity contribution < 1.29 is 14.3 Å². The van der Waals surface area contributed by atoms with Crippen LogP contribution in [-0.4, -0.2) is 50.0 Å². The summed E-state index contributed by atoms with van der Waals surface area (Å²) in [7, 11) is 0. The second-order valence-electron chi connectivity index (χ2n) is 7.44. The lowest BCUT2D eigenvalue weighted by Crippen LogP contribution is -2.50. The number of carbonyl (C=O) groups excluding carboxylic acids is 1. The molecular formula is C16H28N4O3. The molecule has 1 aliphatic rings. The first-order valence-corrected chi connectivity index (χ1v) is 8.13. The second kappa shape index (κ2) is 6.47. The van der Waals surface area contributed by atoms with Crippen molar-refractivity contribution in [3.05, 3.63) is 11.6 Å². The lowest BCUT2D eigenvalue weighted by molar-refractivity contribution is 0.00401. The Bertz CT molecular complexity index is 560. The van der Waals surface area contributed by atoms with E-state index in [1.807, 2.05) is 41.5 Å². The third-order valence-electron chi connectivity index (χ3n) is 3.82. The second-order valence-corrected chi connectivity index (χ2v) is 7.44. The molecule has 0 aromatic carbocycles. The van der Waals surface area contributed by atoms with Gasteiger partial charge in [0.1, 0.15) is 18.0 Å². The Morgan fingerprint density at radius 3 is 2.57 bits per heavy atom. The first kappa shape index (κ1) is 17.7. The number of amides is 1. The minimum absolute atomic E-state index is 0.285. The predicted octanol–water partition coefficient (Wildman–Crippen LogP) is 2.39. The van der Waals surface area contributed by atoms with Crippen LogP contribution in [0.3, 0.4) is 0 Å². The molecule has 0 radical (unpaired) electrons. The van der Waals surface area contributed by atoms with E-state index in [1.165, 1.54) is 0 Å². The van der Waals surface area contributed by atoms with Gasteiger partial charge in [-0.25, -0.2) is 4.79 Å². The van der Waals surface area contributed by atoms with Crippen LogP contribution in [0.4, 0.5) is 4.79 Å². The lowest BCUT2D eigenvalue weighted by atomic mass is 9.98. The molecule has 0 aliphatic carbocycles. The molecule has 1 aliphatic heterocycles. The average Bonchev–Trinajstić information content (AvgIpc) is 2.69. The number of hydrogen-bond acceptors (Lipinski definition) is 5. The summed E-state index contributed by atoms with van der Waals surface area (Å²) >= 11 is 0. The molecule has 7 heteroatoms. The summed E-state index contributed by atoms with van der Waals surface area (Å²) in [6.07, 6.45) is 0.346. The first-order valence-electron chi connectivity index (χ1n) is 8.13. The van der Waals surface area contributed by atoms with Crippen LogP contribution in [-0.2, 0) is 29.0 Å². The maximum Gasteiger partial charge on any atom is 0.410 e. The molecule has 0 bridgehead atoms.